The van der Waals surface area contributed by atoms with E-state index in [-0.39, 0.29) is 17.9 Å². The molecule has 3 aliphatic rings. The van der Waals surface area contributed by atoms with Gasteiger partial charge in [-0.3, -0.25) is 9.59 Å². The van der Waals surface area contributed by atoms with Crippen molar-refractivity contribution in [2.75, 3.05) is 26.3 Å². The molecule has 0 spiro atoms. The maximum absolute atomic E-state index is 12.7. The molecule has 1 aromatic carbocycles. The molecule has 0 atom stereocenters. The number of carbonyl (C=O) groups excluding carboxylic acids is 2. The van der Waals surface area contributed by atoms with Gasteiger partial charge in [-0.25, -0.2) is 0 Å². The minimum atomic E-state index is 0.192. The van der Waals surface area contributed by atoms with E-state index < -0.39 is 0 Å². The number of nitrogens with zero attached hydrogens (tertiary/aromatic N) is 1. The summed E-state index contributed by atoms with van der Waals surface area (Å²) in [6, 6.07) is 6.18. The lowest BCUT2D eigenvalue weighted by molar-refractivity contribution is -0.132. The van der Waals surface area contributed by atoms with Gasteiger partial charge < -0.3 is 19.7 Å². The third kappa shape index (κ3) is 5.67. The molecule has 4 rings (SSSR count). The van der Waals surface area contributed by atoms with Crippen LogP contribution in [0.25, 0.3) is 0 Å². The van der Waals surface area contributed by atoms with Crippen LogP contribution in [-0.4, -0.2) is 49.1 Å². The molecule has 2 heterocycles. The number of fused-ring (bicyclic) bond motifs is 1. The number of amides is 2. The zero-order chi connectivity index (χ0) is 20.8. The van der Waals surface area contributed by atoms with Crippen molar-refractivity contribution in [1.82, 2.24) is 10.2 Å². The van der Waals surface area contributed by atoms with E-state index >= 15 is 0 Å². The topological polar surface area (TPSA) is 67.9 Å². The van der Waals surface area contributed by atoms with Crippen LogP contribution in [0.15, 0.2) is 18.2 Å². The monoisotopic (exact) mass is 414 g/mol. The molecular weight excluding hydrogens is 380 g/mol. The molecule has 30 heavy (non-hydrogen) atoms. The van der Waals surface area contributed by atoms with Crippen LogP contribution in [-0.2, 0) is 16.0 Å². The second kappa shape index (κ2) is 10.2. The Morgan fingerprint density at radius 2 is 1.70 bits per heavy atom. The number of piperidine rings is 1. The van der Waals surface area contributed by atoms with E-state index in [0.717, 1.165) is 49.4 Å². The number of nitrogens with one attached hydrogen (secondary N) is 1. The molecule has 6 nitrogen and oxygen atoms in total. The van der Waals surface area contributed by atoms with Crippen molar-refractivity contribution in [3.63, 3.8) is 0 Å². The van der Waals surface area contributed by atoms with E-state index in [1.54, 1.807) is 0 Å². The zero-order valence-corrected chi connectivity index (χ0v) is 17.9. The fraction of sp³-hybridized carbons (Fsp3) is 0.667. The average Bonchev–Trinajstić information content (AvgIpc) is 3.14. The highest BCUT2D eigenvalue weighted by molar-refractivity contribution is 5.77. The summed E-state index contributed by atoms with van der Waals surface area (Å²) in [5.74, 6) is 2.54. The lowest BCUT2D eigenvalue weighted by Gasteiger charge is -2.32. The van der Waals surface area contributed by atoms with Crippen molar-refractivity contribution >= 4 is 11.8 Å². The summed E-state index contributed by atoms with van der Waals surface area (Å²) in [4.78, 5) is 26.9. The van der Waals surface area contributed by atoms with E-state index in [1.165, 1.54) is 25.7 Å². The molecule has 6 heteroatoms. The van der Waals surface area contributed by atoms with E-state index in [4.69, 9.17) is 9.47 Å². The first-order chi connectivity index (χ1) is 14.7. The summed E-state index contributed by atoms with van der Waals surface area (Å²) >= 11 is 0. The molecule has 1 aliphatic carbocycles. The van der Waals surface area contributed by atoms with E-state index in [9.17, 15) is 9.59 Å². The number of hydrogen-bond acceptors (Lipinski definition) is 4. The smallest absolute Gasteiger partial charge is 0.222 e. The second-order valence-corrected chi connectivity index (χ2v) is 8.91. The normalized spacial score (nSPS) is 20.1. The number of rotatable bonds is 6. The summed E-state index contributed by atoms with van der Waals surface area (Å²) in [6.45, 7) is 2.81. The van der Waals surface area contributed by atoms with Crippen LogP contribution in [0, 0.1) is 5.92 Å². The Morgan fingerprint density at radius 1 is 0.967 bits per heavy atom. The highest BCUT2D eigenvalue weighted by Gasteiger charge is 2.25. The Hall–Kier alpha value is -2.24. The lowest BCUT2D eigenvalue weighted by atomic mass is 10.0. The number of likely N-dealkylation sites (tertiary alicyclic amines) is 1. The van der Waals surface area contributed by atoms with Gasteiger partial charge in [0.1, 0.15) is 0 Å². The largest absolute Gasteiger partial charge is 0.490 e. The zero-order valence-electron chi connectivity index (χ0n) is 17.9. The van der Waals surface area contributed by atoms with Gasteiger partial charge in [-0.1, -0.05) is 18.9 Å². The van der Waals surface area contributed by atoms with E-state index in [0.29, 0.717) is 38.4 Å². The van der Waals surface area contributed by atoms with Crippen molar-refractivity contribution < 1.29 is 19.1 Å². The van der Waals surface area contributed by atoms with Gasteiger partial charge in [0, 0.05) is 38.4 Å². The molecule has 164 valence electrons. The summed E-state index contributed by atoms with van der Waals surface area (Å²) < 4.78 is 11.4. The third-order valence-electron chi connectivity index (χ3n) is 6.60. The predicted molar refractivity (Wildman–Crippen MR) is 115 cm³/mol. The maximum atomic E-state index is 12.7. The van der Waals surface area contributed by atoms with Gasteiger partial charge in [0.15, 0.2) is 11.5 Å². The van der Waals surface area contributed by atoms with Crippen molar-refractivity contribution in [3.05, 3.63) is 23.8 Å². The molecule has 1 N–H and O–H groups in total. The quantitative estimate of drug-likeness (QED) is 0.774. The number of ether oxygens (including phenoxy) is 2. The molecule has 1 saturated carbocycles. The first kappa shape index (κ1) is 21.0. The molecule has 1 aromatic rings. The van der Waals surface area contributed by atoms with Crippen molar-refractivity contribution in [1.29, 1.82) is 0 Å². The molecule has 2 amide bonds. The number of carbonyl (C=O) groups is 2. The highest BCUT2D eigenvalue weighted by Crippen LogP contribution is 2.31. The first-order valence-electron chi connectivity index (χ1n) is 11.6. The lowest BCUT2D eigenvalue weighted by Crippen LogP contribution is -2.46. The summed E-state index contributed by atoms with van der Waals surface area (Å²) in [5.41, 5.74) is 1.10. The number of hydrogen-bond donors (Lipinski definition) is 1. The Morgan fingerprint density at radius 3 is 2.47 bits per heavy atom. The Bertz CT molecular complexity index is 737. The standard InChI is InChI=1S/C24H34N2O4/c27-23(17-18-4-1-2-5-18)25-20-10-12-26(13-11-20)24(28)9-7-19-6-8-21-22(16-19)30-15-3-14-29-21/h6,8,16,18,20H,1-5,7,9-15,17H2,(H,25,27). The maximum Gasteiger partial charge on any atom is 0.222 e. The van der Waals surface area contributed by atoms with Gasteiger partial charge in [0.05, 0.1) is 13.2 Å². The van der Waals surface area contributed by atoms with Crippen LogP contribution in [0.2, 0.25) is 0 Å². The van der Waals surface area contributed by atoms with Gasteiger partial charge in [0.2, 0.25) is 11.8 Å². The van der Waals surface area contributed by atoms with Gasteiger partial charge >= 0.3 is 0 Å². The van der Waals surface area contributed by atoms with Gasteiger partial charge in [-0.05, 0) is 55.7 Å². The minimum absolute atomic E-state index is 0.192. The first-order valence-corrected chi connectivity index (χ1v) is 11.6. The SMILES string of the molecule is O=C(CC1CCCC1)NC1CCN(C(=O)CCc2ccc3c(c2)OCCCO3)CC1. The Kier molecular flexibility index (Phi) is 7.13. The summed E-state index contributed by atoms with van der Waals surface area (Å²) in [7, 11) is 0. The second-order valence-electron chi connectivity index (χ2n) is 8.91. The van der Waals surface area contributed by atoms with Crippen LogP contribution in [0.1, 0.15) is 63.4 Å². The molecular formula is C24H34N2O4. The summed E-state index contributed by atoms with van der Waals surface area (Å²) in [5, 5.41) is 3.19. The van der Waals surface area contributed by atoms with Crippen LogP contribution < -0.4 is 14.8 Å². The van der Waals surface area contributed by atoms with Crippen LogP contribution >= 0.6 is 0 Å². The van der Waals surface area contributed by atoms with Crippen molar-refractivity contribution in [2.24, 2.45) is 5.92 Å². The molecule has 2 aliphatic heterocycles. The molecule has 0 aromatic heterocycles. The number of aryl methyl sites for hydroxylation is 1. The molecule has 1 saturated heterocycles. The molecule has 2 fully saturated rings. The van der Waals surface area contributed by atoms with E-state index in [1.807, 2.05) is 23.1 Å². The Labute approximate surface area is 179 Å². The van der Waals surface area contributed by atoms with Crippen LogP contribution in [0.5, 0.6) is 11.5 Å². The average molecular weight is 415 g/mol. The Balaban J connectivity index is 1.18. The molecule has 0 bridgehead atoms. The molecule has 0 radical (unpaired) electrons. The van der Waals surface area contributed by atoms with Gasteiger partial charge in [-0.2, -0.15) is 0 Å². The van der Waals surface area contributed by atoms with Crippen molar-refractivity contribution in [2.45, 2.75) is 70.3 Å². The van der Waals surface area contributed by atoms with Crippen molar-refractivity contribution in [3.8, 4) is 11.5 Å². The highest BCUT2D eigenvalue weighted by atomic mass is 16.5. The van der Waals surface area contributed by atoms with Crippen LogP contribution in [0.3, 0.4) is 0 Å². The summed E-state index contributed by atoms with van der Waals surface area (Å²) in [6.07, 6.45) is 9.40. The van der Waals surface area contributed by atoms with Gasteiger partial charge in [-0.15, -0.1) is 0 Å². The number of benzene rings is 1. The predicted octanol–water partition coefficient (Wildman–Crippen LogP) is 3.47. The third-order valence-corrected chi connectivity index (χ3v) is 6.60. The minimum Gasteiger partial charge on any atom is -0.490 e. The van der Waals surface area contributed by atoms with Crippen LogP contribution in [0.4, 0.5) is 0 Å². The fourth-order valence-corrected chi connectivity index (χ4v) is 4.81. The molecule has 0 unspecified atom stereocenters. The fourth-order valence-electron chi connectivity index (χ4n) is 4.81. The van der Waals surface area contributed by atoms with Gasteiger partial charge in [0.25, 0.3) is 0 Å². The van der Waals surface area contributed by atoms with E-state index in [2.05, 4.69) is 5.32 Å².